The average Bonchev–Trinajstić information content (AvgIpc) is 3.30. The summed E-state index contributed by atoms with van der Waals surface area (Å²) in [7, 11) is 0. The second kappa shape index (κ2) is 5.62. The standard InChI is InChI=1S/C14H14ClN7O/c15-9-7-10(19-12(18-9)8-1-2-8)16-4-3-11-20-21-13-14(23)17-5-6-22(11)13/h5-8H,1-4H2,(H,17,23)(H,16,18,19). The Hall–Kier alpha value is -2.48. The Balaban J connectivity index is 1.47. The third-order valence-corrected chi connectivity index (χ3v) is 3.91. The van der Waals surface area contributed by atoms with Gasteiger partial charge in [-0.3, -0.25) is 9.20 Å². The summed E-state index contributed by atoms with van der Waals surface area (Å²) >= 11 is 6.04. The van der Waals surface area contributed by atoms with Crippen LogP contribution in [-0.2, 0) is 6.42 Å². The first kappa shape index (κ1) is 14.1. The van der Waals surface area contributed by atoms with Crippen molar-refractivity contribution in [3.8, 4) is 0 Å². The van der Waals surface area contributed by atoms with Crippen LogP contribution in [0.1, 0.15) is 30.4 Å². The zero-order chi connectivity index (χ0) is 15.8. The molecule has 23 heavy (non-hydrogen) atoms. The van der Waals surface area contributed by atoms with E-state index in [9.17, 15) is 4.79 Å². The minimum absolute atomic E-state index is 0.254. The van der Waals surface area contributed by atoms with Crippen LogP contribution in [0.2, 0.25) is 5.15 Å². The number of aromatic amines is 1. The third kappa shape index (κ3) is 2.89. The number of halogens is 1. The van der Waals surface area contributed by atoms with Crippen molar-refractivity contribution in [1.82, 2.24) is 29.5 Å². The van der Waals surface area contributed by atoms with Crippen molar-refractivity contribution < 1.29 is 0 Å². The first-order valence-electron chi connectivity index (χ1n) is 7.40. The van der Waals surface area contributed by atoms with Gasteiger partial charge in [0.1, 0.15) is 22.6 Å². The maximum atomic E-state index is 11.6. The van der Waals surface area contributed by atoms with Crippen LogP contribution in [0.3, 0.4) is 0 Å². The summed E-state index contributed by atoms with van der Waals surface area (Å²) in [5.41, 5.74) is 0.0412. The van der Waals surface area contributed by atoms with Crippen molar-refractivity contribution in [3.63, 3.8) is 0 Å². The lowest BCUT2D eigenvalue weighted by atomic mass is 10.3. The molecule has 0 unspecified atom stereocenters. The molecule has 8 nitrogen and oxygen atoms in total. The van der Waals surface area contributed by atoms with Gasteiger partial charge in [-0.2, -0.15) is 0 Å². The van der Waals surface area contributed by atoms with Gasteiger partial charge < -0.3 is 10.3 Å². The Morgan fingerprint density at radius 2 is 2.22 bits per heavy atom. The van der Waals surface area contributed by atoms with Crippen LogP contribution in [-0.4, -0.2) is 36.1 Å². The van der Waals surface area contributed by atoms with Crippen LogP contribution in [0, 0.1) is 0 Å². The molecule has 0 bridgehead atoms. The summed E-state index contributed by atoms with van der Waals surface area (Å²) in [5.74, 6) is 2.67. The molecular weight excluding hydrogens is 318 g/mol. The smallest absolute Gasteiger partial charge is 0.293 e. The SMILES string of the molecule is O=c1[nH]ccn2c(CCNc3cc(Cl)nc(C4CC4)n3)nnc12. The number of nitrogens with one attached hydrogen (secondary N) is 2. The maximum Gasteiger partial charge on any atom is 0.293 e. The summed E-state index contributed by atoms with van der Waals surface area (Å²) in [5, 5.41) is 11.6. The van der Waals surface area contributed by atoms with Gasteiger partial charge in [-0.1, -0.05) is 11.6 Å². The van der Waals surface area contributed by atoms with Crippen molar-refractivity contribution >= 4 is 23.1 Å². The molecule has 3 aromatic heterocycles. The van der Waals surface area contributed by atoms with Crippen molar-refractivity contribution in [2.45, 2.75) is 25.2 Å². The monoisotopic (exact) mass is 331 g/mol. The first-order valence-corrected chi connectivity index (χ1v) is 7.78. The van der Waals surface area contributed by atoms with E-state index in [2.05, 4.69) is 30.5 Å². The lowest BCUT2D eigenvalue weighted by molar-refractivity contribution is 0.858. The minimum atomic E-state index is -0.254. The van der Waals surface area contributed by atoms with Crippen LogP contribution >= 0.6 is 11.6 Å². The van der Waals surface area contributed by atoms with E-state index in [0.717, 1.165) is 18.7 Å². The van der Waals surface area contributed by atoms with E-state index < -0.39 is 0 Å². The quantitative estimate of drug-likeness (QED) is 0.685. The highest BCUT2D eigenvalue weighted by Gasteiger charge is 2.27. The van der Waals surface area contributed by atoms with Crippen molar-refractivity contribution in [2.75, 3.05) is 11.9 Å². The predicted octanol–water partition coefficient (Wildman–Crippen LogP) is 1.39. The minimum Gasteiger partial charge on any atom is -0.369 e. The zero-order valence-electron chi connectivity index (χ0n) is 12.2. The summed E-state index contributed by atoms with van der Waals surface area (Å²) in [6.45, 7) is 0.602. The molecule has 3 aromatic rings. The van der Waals surface area contributed by atoms with Gasteiger partial charge in [0.25, 0.3) is 5.56 Å². The number of rotatable bonds is 5. The van der Waals surface area contributed by atoms with Gasteiger partial charge >= 0.3 is 0 Å². The van der Waals surface area contributed by atoms with E-state index in [1.165, 1.54) is 0 Å². The van der Waals surface area contributed by atoms with E-state index in [-0.39, 0.29) is 5.56 Å². The van der Waals surface area contributed by atoms with Crippen molar-refractivity contribution in [2.24, 2.45) is 0 Å². The molecule has 9 heteroatoms. The molecule has 0 atom stereocenters. The number of anilines is 1. The van der Waals surface area contributed by atoms with E-state index in [1.807, 2.05) is 0 Å². The number of H-pyrrole nitrogens is 1. The maximum absolute atomic E-state index is 11.6. The van der Waals surface area contributed by atoms with Crippen molar-refractivity contribution in [3.05, 3.63) is 45.6 Å². The van der Waals surface area contributed by atoms with E-state index >= 15 is 0 Å². The molecule has 1 aliphatic carbocycles. The Bertz CT molecular complexity index is 915. The fourth-order valence-electron chi connectivity index (χ4n) is 2.41. The second-order valence-electron chi connectivity index (χ2n) is 5.48. The molecule has 1 aliphatic rings. The molecule has 0 aromatic carbocycles. The number of fused-ring (bicyclic) bond motifs is 1. The molecule has 0 aliphatic heterocycles. The summed E-state index contributed by atoms with van der Waals surface area (Å²) in [6.07, 6.45) is 6.16. The molecule has 0 spiro atoms. The molecular formula is C14H14ClN7O. The number of hydrogen-bond donors (Lipinski definition) is 2. The fourth-order valence-corrected chi connectivity index (χ4v) is 2.60. The van der Waals surface area contributed by atoms with Crippen molar-refractivity contribution in [1.29, 1.82) is 0 Å². The van der Waals surface area contributed by atoms with E-state index in [4.69, 9.17) is 11.6 Å². The Labute approximate surface area is 136 Å². The van der Waals surface area contributed by atoms with Gasteiger partial charge in [0, 0.05) is 37.3 Å². The molecule has 0 radical (unpaired) electrons. The Morgan fingerprint density at radius 1 is 1.35 bits per heavy atom. The topological polar surface area (TPSA) is 101 Å². The molecule has 118 valence electrons. The fraction of sp³-hybridized carbons (Fsp3) is 0.357. The molecule has 4 rings (SSSR count). The lowest BCUT2D eigenvalue weighted by Crippen LogP contribution is -2.12. The van der Waals surface area contributed by atoms with Gasteiger partial charge in [-0.15, -0.1) is 10.2 Å². The first-order chi connectivity index (χ1) is 11.2. The van der Waals surface area contributed by atoms with Crippen LogP contribution in [0.4, 0.5) is 5.82 Å². The number of hydrogen-bond acceptors (Lipinski definition) is 6. The van der Waals surface area contributed by atoms with Crippen LogP contribution in [0.5, 0.6) is 0 Å². The molecule has 3 heterocycles. The van der Waals surface area contributed by atoms with Gasteiger partial charge in [-0.25, -0.2) is 9.97 Å². The van der Waals surface area contributed by atoms with Gasteiger partial charge in [0.05, 0.1) is 0 Å². The lowest BCUT2D eigenvalue weighted by Gasteiger charge is -2.07. The van der Waals surface area contributed by atoms with Gasteiger partial charge in [0.2, 0.25) is 5.65 Å². The molecule has 0 amide bonds. The predicted molar refractivity (Wildman–Crippen MR) is 84.8 cm³/mol. The summed E-state index contributed by atoms with van der Waals surface area (Å²) in [6, 6.07) is 1.71. The van der Waals surface area contributed by atoms with E-state index in [0.29, 0.717) is 41.3 Å². The zero-order valence-corrected chi connectivity index (χ0v) is 12.9. The summed E-state index contributed by atoms with van der Waals surface area (Å²) in [4.78, 5) is 22.9. The Kier molecular flexibility index (Phi) is 3.45. The molecule has 1 fully saturated rings. The molecule has 2 N–H and O–H groups in total. The van der Waals surface area contributed by atoms with Gasteiger partial charge in [0.15, 0.2) is 0 Å². The number of nitrogens with zero attached hydrogens (tertiary/aromatic N) is 5. The second-order valence-corrected chi connectivity index (χ2v) is 5.87. The van der Waals surface area contributed by atoms with Crippen LogP contribution in [0.25, 0.3) is 5.65 Å². The number of aromatic nitrogens is 6. The van der Waals surface area contributed by atoms with Crippen LogP contribution in [0.15, 0.2) is 23.3 Å². The van der Waals surface area contributed by atoms with Gasteiger partial charge in [-0.05, 0) is 12.8 Å². The van der Waals surface area contributed by atoms with Crippen LogP contribution < -0.4 is 10.9 Å². The highest BCUT2D eigenvalue weighted by Crippen LogP contribution is 2.38. The third-order valence-electron chi connectivity index (χ3n) is 3.72. The molecule has 0 saturated heterocycles. The largest absolute Gasteiger partial charge is 0.369 e. The highest BCUT2D eigenvalue weighted by molar-refractivity contribution is 6.29. The summed E-state index contributed by atoms with van der Waals surface area (Å²) < 4.78 is 1.68. The average molecular weight is 332 g/mol. The normalized spacial score (nSPS) is 14.3. The highest BCUT2D eigenvalue weighted by atomic mass is 35.5. The Morgan fingerprint density at radius 3 is 3.04 bits per heavy atom. The van der Waals surface area contributed by atoms with E-state index in [1.54, 1.807) is 22.9 Å². The molecule has 1 saturated carbocycles.